The molecule has 2 fully saturated rings. The molecular weight excluding hydrogens is 370 g/mol. The normalized spacial score (nSPS) is 26.2. The minimum absolute atomic E-state index is 0.0155. The Labute approximate surface area is 171 Å². The molecule has 1 aliphatic carbocycles. The van der Waals surface area contributed by atoms with Crippen molar-refractivity contribution in [2.75, 3.05) is 20.3 Å². The number of amides is 1. The molecule has 7 nitrogen and oxygen atoms in total. The number of aliphatic hydroxyl groups is 1. The number of carbonyl (C=O) groups excluding carboxylic acids is 1. The average Bonchev–Trinajstić information content (AvgIpc) is 3.38. The molecular formula is C22H29N3O4. The first-order valence-corrected chi connectivity index (χ1v) is 10.3. The maximum absolute atomic E-state index is 13.5. The zero-order valence-electron chi connectivity index (χ0n) is 16.8. The molecule has 1 saturated carbocycles. The van der Waals surface area contributed by atoms with Crippen molar-refractivity contribution in [3.63, 3.8) is 0 Å². The van der Waals surface area contributed by atoms with E-state index in [4.69, 9.17) is 9.47 Å². The second-order valence-electron chi connectivity index (χ2n) is 8.17. The van der Waals surface area contributed by atoms with E-state index in [2.05, 4.69) is 10.3 Å². The molecule has 0 spiro atoms. The van der Waals surface area contributed by atoms with Gasteiger partial charge in [0.15, 0.2) is 0 Å². The molecule has 4 rings (SSSR count). The van der Waals surface area contributed by atoms with Crippen LogP contribution in [-0.2, 0) is 21.5 Å². The monoisotopic (exact) mass is 399 g/mol. The van der Waals surface area contributed by atoms with Gasteiger partial charge in [-0.1, -0.05) is 12.1 Å². The number of hydrogen-bond acceptors (Lipinski definition) is 5. The maximum atomic E-state index is 13.5. The lowest BCUT2D eigenvalue weighted by Crippen LogP contribution is -2.52. The Balaban J connectivity index is 1.48. The van der Waals surface area contributed by atoms with Crippen LogP contribution in [0.15, 0.2) is 43.0 Å². The Morgan fingerprint density at radius 3 is 2.72 bits per heavy atom. The lowest BCUT2D eigenvalue weighted by Gasteiger charge is -2.37. The number of rotatable bonds is 6. The number of imidazole rings is 1. The predicted octanol–water partition coefficient (Wildman–Crippen LogP) is 1.90. The van der Waals surface area contributed by atoms with Crippen molar-refractivity contribution < 1.29 is 19.4 Å². The van der Waals surface area contributed by atoms with Crippen molar-refractivity contribution >= 4 is 5.91 Å². The second-order valence-corrected chi connectivity index (χ2v) is 8.17. The highest BCUT2D eigenvalue weighted by Gasteiger charge is 2.44. The van der Waals surface area contributed by atoms with E-state index >= 15 is 0 Å². The van der Waals surface area contributed by atoms with Gasteiger partial charge in [0.2, 0.25) is 5.91 Å². The number of aliphatic hydroxyl groups excluding tert-OH is 1. The second kappa shape index (κ2) is 8.55. The fourth-order valence-corrected chi connectivity index (χ4v) is 4.70. The number of methoxy groups -OCH3 is 1. The van der Waals surface area contributed by atoms with E-state index in [-0.39, 0.29) is 11.9 Å². The number of carbonyl (C=O) groups is 1. The predicted molar refractivity (Wildman–Crippen MR) is 108 cm³/mol. The molecule has 2 aromatic rings. The number of hydrogen-bond donors (Lipinski definition) is 2. The molecule has 1 amide bonds. The first kappa shape index (κ1) is 19.9. The van der Waals surface area contributed by atoms with E-state index in [9.17, 15) is 9.90 Å². The quantitative estimate of drug-likeness (QED) is 0.775. The summed E-state index contributed by atoms with van der Waals surface area (Å²) in [4.78, 5) is 17.6. The molecule has 1 aromatic carbocycles. The Morgan fingerprint density at radius 2 is 2.07 bits per heavy atom. The number of ether oxygens (including phenoxy) is 2. The van der Waals surface area contributed by atoms with Gasteiger partial charge in [0.1, 0.15) is 5.75 Å². The van der Waals surface area contributed by atoms with Crippen molar-refractivity contribution in [2.24, 2.45) is 5.92 Å². The van der Waals surface area contributed by atoms with Gasteiger partial charge in [0.05, 0.1) is 31.0 Å². The number of nitrogens with one attached hydrogen (secondary N) is 1. The Bertz CT molecular complexity index is 800. The Hall–Kier alpha value is -2.38. The third-order valence-corrected chi connectivity index (χ3v) is 6.39. The van der Waals surface area contributed by atoms with Crippen LogP contribution in [0.25, 0.3) is 0 Å². The van der Waals surface area contributed by atoms with Crippen molar-refractivity contribution in [3.8, 4) is 5.75 Å². The maximum Gasteiger partial charge on any atom is 0.231 e. The lowest BCUT2D eigenvalue weighted by atomic mass is 9.73. The summed E-state index contributed by atoms with van der Waals surface area (Å²) in [6, 6.07) is 7.50. The summed E-state index contributed by atoms with van der Waals surface area (Å²) < 4.78 is 12.8. The largest absolute Gasteiger partial charge is 0.497 e. The van der Waals surface area contributed by atoms with Gasteiger partial charge in [0.25, 0.3) is 0 Å². The van der Waals surface area contributed by atoms with Crippen LogP contribution >= 0.6 is 0 Å². The van der Waals surface area contributed by atoms with E-state index in [1.165, 1.54) is 0 Å². The first-order valence-electron chi connectivity index (χ1n) is 10.3. The summed E-state index contributed by atoms with van der Waals surface area (Å²) in [5.74, 6) is 1.07. The highest BCUT2D eigenvalue weighted by molar-refractivity contribution is 5.88. The van der Waals surface area contributed by atoms with Crippen LogP contribution in [0.2, 0.25) is 0 Å². The van der Waals surface area contributed by atoms with Crippen molar-refractivity contribution in [2.45, 2.75) is 49.8 Å². The molecule has 1 aliphatic heterocycles. The van der Waals surface area contributed by atoms with Gasteiger partial charge in [-0.25, -0.2) is 4.98 Å². The molecule has 156 valence electrons. The van der Waals surface area contributed by atoms with Gasteiger partial charge in [0, 0.05) is 32.2 Å². The van der Waals surface area contributed by atoms with Crippen LogP contribution in [0.5, 0.6) is 5.75 Å². The summed E-state index contributed by atoms with van der Waals surface area (Å²) >= 11 is 0. The van der Waals surface area contributed by atoms with Gasteiger partial charge in [-0.15, -0.1) is 0 Å². The van der Waals surface area contributed by atoms with Crippen LogP contribution in [-0.4, -0.2) is 53.0 Å². The van der Waals surface area contributed by atoms with Crippen LogP contribution in [0.3, 0.4) is 0 Å². The summed E-state index contributed by atoms with van der Waals surface area (Å²) in [6.45, 7) is 1.91. The van der Waals surface area contributed by atoms with E-state index in [1.807, 2.05) is 35.0 Å². The molecule has 2 heterocycles. The number of nitrogens with zero attached hydrogens (tertiary/aromatic N) is 2. The summed E-state index contributed by atoms with van der Waals surface area (Å²) in [5.41, 5.74) is 0.341. The fraction of sp³-hybridized carbons (Fsp3) is 0.545. The van der Waals surface area contributed by atoms with Gasteiger partial charge >= 0.3 is 0 Å². The molecule has 7 heteroatoms. The van der Waals surface area contributed by atoms with Crippen molar-refractivity contribution in [1.82, 2.24) is 14.9 Å². The molecule has 2 N–H and O–H groups in total. The average molecular weight is 399 g/mol. The lowest BCUT2D eigenvalue weighted by molar-refractivity contribution is -0.131. The zero-order valence-corrected chi connectivity index (χ0v) is 16.8. The van der Waals surface area contributed by atoms with E-state index in [0.29, 0.717) is 38.4 Å². The zero-order chi connectivity index (χ0) is 20.3. The Morgan fingerprint density at radius 1 is 1.31 bits per heavy atom. The standard InChI is InChI=1S/C22H29N3O4/c1-28-18-4-2-17(3-5-18)22(6-10-29-11-7-22)21(27)24-19-12-16(13-20(19)26)14-25-9-8-23-15-25/h2-5,8-9,15-16,19-20,26H,6-7,10-14H2,1H3,(H,24,27)/t16?,19-,20-/m1/s1. The highest BCUT2D eigenvalue weighted by atomic mass is 16.5. The summed E-state index contributed by atoms with van der Waals surface area (Å²) in [6.07, 6.45) is 7.66. The van der Waals surface area contributed by atoms with Crippen LogP contribution in [0.1, 0.15) is 31.2 Å². The molecule has 29 heavy (non-hydrogen) atoms. The minimum atomic E-state index is -0.632. The summed E-state index contributed by atoms with van der Waals surface area (Å²) in [5, 5.41) is 13.8. The van der Waals surface area contributed by atoms with Gasteiger partial charge in [-0.3, -0.25) is 4.79 Å². The van der Waals surface area contributed by atoms with Crippen LogP contribution in [0, 0.1) is 5.92 Å². The Kier molecular flexibility index (Phi) is 5.87. The minimum Gasteiger partial charge on any atom is -0.497 e. The first-order chi connectivity index (χ1) is 14.1. The molecule has 0 bridgehead atoms. The van der Waals surface area contributed by atoms with Gasteiger partial charge in [-0.2, -0.15) is 0 Å². The smallest absolute Gasteiger partial charge is 0.231 e. The third kappa shape index (κ3) is 4.16. The molecule has 1 aromatic heterocycles. The molecule has 1 saturated heterocycles. The SMILES string of the molecule is COc1ccc(C2(C(=O)N[C@@H]3CC(Cn4ccnc4)C[C@H]3O)CCOCC2)cc1. The fourth-order valence-electron chi connectivity index (χ4n) is 4.70. The third-order valence-electron chi connectivity index (χ3n) is 6.39. The van der Waals surface area contributed by atoms with Gasteiger partial charge < -0.3 is 24.5 Å². The van der Waals surface area contributed by atoms with Crippen molar-refractivity contribution in [3.05, 3.63) is 48.5 Å². The van der Waals surface area contributed by atoms with Crippen LogP contribution in [0.4, 0.5) is 0 Å². The van der Waals surface area contributed by atoms with E-state index < -0.39 is 11.5 Å². The highest BCUT2D eigenvalue weighted by Crippen LogP contribution is 2.37. The van der Waals surface area contributed by atoms with Crippen LogP contribution < -0.4 is 10.1 Å². The molecule has 3 atom stereocenters. The topological polar surface area (TPSA) is 85.6 Å². The van der Waals surface area contributed by atoms with Crippen molar-refractivity contribution in [1.29, 1.82) is 0 Å². The molecule has 0 radical (unpaired) electrons. The number of aromatic nitrogens is 2. The van der Waals surface area contributed by atoms with E-state index in [0.717, 1.165) is 24.3 Å². The van der Waals surface area contributed by atoms with E-state index in [1.54, 1.807) is 19.6 Å². The number of benzene rings is 1. The van der Waals surface area contributed by atoms with Gasteiger partial charge in [-0.05, 0) is 49.3 Å². The summed E-state index contributed by atoms with van der Waals surface area (Å²) in [7, 11) is 1.63. The molecule has 1 unspecified atom stereocenters. The molecule has 2 aliphatic rings.